The molecule has 1 aromatic carbocycles. The second-order valence-corrected chi connectivity index (χ2v) is 5.76. The van der Waals surface area contributed by atoms with E-state index in [9.17, 15) is 4.79 Å². The number of rotatable bonds is 7. The molecule has 2 aromatic rings. The summed E-state index contributed by atoms with van der Waals surface area (Å²) in [6.07, 6.45) is 2.59. The van der Waals surface area contributed by atoms with Crippen molar-refractivity contribution in [3.8, 4) is 0 Å². The molecule has 21 heavy (non-hydrogen) atoms. The zero-order valence-electron chi connectivity index (χ0n) is 12.4. The fourth-order valence-corrected chi connectivity index (χ4v) is 3.04. The monoisotopic (exact) mass is 303 g/mol. The number of nitrogens with zero attached hydrogens (tertiary/aromatic N) is 1. The van der Waals surface area contributed by atoms with Crippen LogP contribution in [0, 0.1) is 0 Å². The molecule has 0 saturated heterocycles. The van der Waals surface area contributed by atoms with Gasteiger partial charge >= 0.3 is 0 Å². The first-order valence-corrected chi connectivity index (χ1v) is 8.21. The largest absolute Gasteiger partial charge is 0.309 e. The third-order valence-electron chi connectivity index (χ3n) is 3.28. The number of thioether (sulfide) groups is 1. The molecule has 4 nitrogen and oxygen atoms in total. The molecule has 1 unspecified atom stereocenters. The molecule has 1 heterocycles. The highest BCUT2D eigenvalue weighted by atomic mass is 32.2. The fraction of sp³-hybridized carbons (Fsp3) is 0.375. The first-order chi connectivity index (χ1) is 10.2. The molecule has 0 radical (unpaired) electrons. The quantitative estimate of drug-likeness (QED) is 0.610. The molecule has 1 aromatic heterocycles. The minimum absolute atomic E-state index is 0.111. The molecule has 1 atom stereocenters. The first kappa shape index (κ1) is 15.8. The minimum Gasteiger partial charge on any atom is -0.309 e. The van der Waals surface area contributed by atoms with Crippen LogP contribution in [0.2, 0.25) is 0 Å². The van der Waals surface area contributed by atoms with Gasteiger partial charge < -0.3 is 10.3 Å². The number of benzene rings is 1. The predicted molar refractivity (Wildman–Crippen MR) is 87.8 cm³/mol. The molecule has 2 rings (SSSR count). The van der Waals surface area contributed by atoms with E-state index in [1.807, 2.05) is 0 Å². The van der Waals surface area contributed by atoms with Gasteiger partial charge in [-0.05, 0) is 24.1 Å². The molecule has 0 saturated carbocycles. The average Bonchev–Trinajstić information content (AvgIpc) is 2.52. The van der Waals surface area contributed by atoms with Crippen LogP contribution < -0.4 is 10.9 Å². The molecule has 0 spiro atoms. The summed E-state index contributed by atoms with van der Waals surface area (Å²) in [4.78, 5) is 18.2. The van der Waals surface area contributed by atoms with Crippen molar-refractivity contribution in [1.29, 1.82) is 0 Å². The molecule has 0 amide bonds. The van der Waals surface area contributed by atoms with E-state index < -0.39 is 0 Å². The Balaban J connectivity index is 2.05. The lowest BCUT2D eigenvalue weighted by Crippen LogP contribution is -2.23. The van der Waals surface area contributed by atoms with Crippen LogP contribution in [0.1, 0.15) is 31.0 Å². The highest BCUT2D eigenvalue weighted by Gasteiger charge is 2.11. The molecule has 2 N–H and O–H groups in total. The molecule has 0 bridgehead atoms. The van der Waals surface area contributed by atoms with Crippen molar-refractivity contribution in [2.45, 2.75) is 31.5 Å². The van der Waals surface area contributed by atoms with E-state index in [-0.39, 0.29) is 11.6 Å². The molecule has 0 aliphatic carbocycles. The fourth-order valence-electron chi connectivity index (χ4n) is 2.09. The lowest BCUT2D eigenvalue weighted by atomic mass is 10.1. The Morgan fingerprint density at radius 3 is 2.62 bits per heavy atom. The maximum atomic E-state index is 11.3. The van der Waals surface area contributed by atoms with Crippen LogP contribution in [0.25, 0.3) is 0 Å². The molecular weight excluding hydrogens is 282 g/mol. The Morgan fingerprint density at radius 2 is 2.00 bits per heavy atom. The third-order valence-corrected chi connectivity index (χ3v) is 4.26. The van der Waals surface area contributed by atoms with Crippen molar-refractivity contribution in [3.63, 3.8) is 0 Å². The lowest BCUT2D eigenvalue weighted by Gasteiger charge is -2.18. The van der Waals surface area contributed by atoms with Crippen LogP contribution in [-0.4, -0.2) is 22.3 Å². The van der Waals surface area contributed by atoms with Gasteiger partial charge in [0.1, 0.15) is 0 Å². The van der Waals surface area contributed by atoms with Gasteiger partial charge in [-0.1, -0.05) is 49.9 Å². The van der Waals surface area contributed by atoms with Crippen LogP contribution in [0.15, 0.2) is 46.5 Å². The van der Waals surface area contributed by atoms with Crippen LogP contribution in [0.3, 0.4) is 0 Å². The number of nitrogens with one attached hydrogen (secondary N) is 2. The number of H-pyrrole nitrogens is 1. The Labute approximate surface area is 129 Å². The number of aryl methyl sites for hydroxylation is 1. The molecule has 0 aliphatic heterocycles. The van der Waals surface area contributed by atoms with Crippen molar-refractivity contribution >= 4 is 11.8 Å². The maximum Gasteiger partial charge on any atom is 0.251 e. The first-order valence-electron chi connectivity index (χ1n) is 7.23. The van der Waals surface area contributed by atoms with Crippen molar-refractivity contribution in [3.05, 3.63) is 58.0 Å². The topological polar surface area (TPSA) is 57.8 Å². The molecule has 5 heteroatoms. The summed E-state index contributed by atoms with van der Waals surface area (Å²) in [7, 11) is 0. The molecule has 112 valence electrons. The van der Waals surface area contributed by atoms with E-state index in [0.717, 1.165) is 18.7 Å². The van der Waals surface area contributed by atoms with Crippen molar-refractivity contribution in [1.82, 2.24) is 15.3 Å². The standard InChI is InChI=1S/C16H21N3OS/c1-3-12-5-7-13(8-6-12)14(17-4-2)11-21-16-18-10-9-15(20)19-16/h5-10,14,17H,3-4,11H2,1-2H3,(H,18,19,20). The second-order valence-electron chi connectivity index (χ2n) is 4.76. The van der Waals surface area contributed by atoms with E-state index in [1.165, 1.54) is 17.2 Å². The molecular formula is C16H21N3OS. The maximum absolute atomic E-state index is 11.3. The van der Waals surface area contributed by atoms with Crippen LogP contribution in [0.4, 0.5) is 0 Å². The van der Waals surface area contributed by atoms with E-state index >= 15 is 0 Å². The average molecular weight is 303 g/mol. The zero-order chi connectivity index (χ0) is 15.1. The lowest BCUT2D eigenvalue weighted by molar-refractivity contribution is 0.605. The highest BCUT2D eigenvalue weighted by Crippen LogP contribution is 2.22. The van der Waals surface area contributed by atoms with E-state index in [4.69, 9.17) is 0 Å². The van der Waals surface area contributed by atoms with Crippen molar-refractivity contribution in [2.24, 2.45) is 0 Å². The van der Waals surface area contributed by atoms with Gasteiger partial charge in [0.25, 0.3) is 5.56 Å². The summed E-state index contributed by atoms with van der Waals surface area (Å²) in [5, 5.41) is 4.14. The number of hydrogen-bond acceptors (Lipinski definition) is 4. The highest BCUT2D eigenvalue weighted by molar-refractivity contribution is 7.99. The summed E-state index contributed by atoms with van der Waals surface area (Å²) < 4.78 is 0. The zero-order valence-corrected chi connectivity index (χ0v) is 13.2. The Hall–Kier alpha value is -1.59. The Morgan fingerprint density at radius 1 is 1.24 bits per heavy atom. The summed E-state index contributed by atoms with van der Waals surface area (Å²) in [6.45, 7) is 5.16. The van der Waals surface area contributed by atoms with Gasteiger partial charge in [-0.15, -0.1) is 0 Å². The smallest absolute Gasteiger partial charge is 0.251 e. The SMILES string of the molecule is CCNC(CSc1nccc(=O)[nH]1)c1ccc(CC)cc1. The number of aromatic nitrogens is 2. The van der Waals surface area contributed by atoms with Gasteiger partial charge in [0.2, 0.25) is 0 Å². The van der Waals surface area contributed by atoms with Crippen molar-refractivity contribution < 1.29 is 0 Å². The van der Waals surface area contributed by atoms with Gasteiger partial charge in [0.15, 0.2) is 5.16 Å². The minimum atomic E-state index is -0.111. The normalized spacial score (nSPS) is 12.3. The van der Waals surface area contributed by atoms with E-state index in [2.05, 4.69) is 53.4 Å². The van der Waals surface area contributed by atoms with Gasteiger partial charge in [0, 0.05) is 24.1 Å². The van der Waals surface area contributed by atoms with Crippen LogP contribution in [0.5, 0.6) is 0 Å². The van der Waals surface area contributed by atoms with E-state index in [0.29, 0.717) is 5.16 Å². The van der Waals surface area contributed by atoms with Gasteiger partial charge in [-0.25, -0.2) is 4.98 Å². The summed E-state index contributed by atoms with van der Waals surface area (Å²) >= 11 is 1.56. The number of aromatic amines is 1. The van der Waals surface area contributed by atoms with Gasteiger partial charge in [0.05, 0.1) is 0 Å². The van der Waals surface area contributed by atoms with Gasteiger partial charge in [-0.3, -0.25) is 4.79 Å². The Kier molecular flexibility index (Phi) is 6.02. The summed E-state index contributed by atoms with van der Waals surface area (Å²) in [6, 6.07) is 10.4. The van der Waals surface area contributed by atoms with Crippen molar-refractivity contribution in [2.75, 3.05) is 12.3 Å². The third kappa shape index (κ3) is 4.72. The van der Waals surface area contributed by atoms with Gasteiger partial charge in [-0.2, -0.15) is 0 Å². The molecule has 0 aliphatic rings. The van der Waals surface area contributed by atoms with E-state index in [1.54, 1.807) is 18.0 Å². The second kappa shape index (κ2) is 8.00. The predicted octanol–water partition coefficient (Wildman–Crippen LogP) is 2.78. The van der Waals surface area contributed by atoms with Crippen LogP contribution >= 0.6 is 11.8 Å². The Bertz CT molecular complexity index is 609. The summed E-state index contributed by atoms with van der Waals surface area (Å²) in [5.74, 6) is 0.826. The summed E-state index contributed by atoms with van der Waals surface area (Å²) in [5.41, 5.74) is 2.50. The molecule has 0 fully saturated rings. The number of hydrogen-bond donors (Lipinski definition) is 2. The van der Waals surface area contributed by atoms with Crippen LogP contribution in [-0.2, 0) is 6.42 Å².